The van der Waals surface area contributed by atoms with Crippen LogP contribution in [0.25, 0.3) is 22.3 Å². The number of halogens is 3. The lowest BCUT2D eigenvalue weighted by atomic mass is 9.93. The van der Waals surface area contributed by atoms with Gasteiger partial charge in [0.05, 0.1) is 5.56 Å². The van der Waals surface area contributed by atoms with Crippen molar-refractivity contribution in [2.75, 3.05) is 43.4 Å². The highest BCUT2D eigenvalue weighted by atomic mass is 19.4. The number of benzene rings is 2. The lowest BCUT2D eigenvalue weighted by molar-refractivity contribution is -0.137. The number of amides is 2. The average molecular weight is 510 g/mol. The van der Waals surface area contributed by atoms with E-state index in [-0.39, 0.29) is 23.3 Å². The van der Waals surface area contributed by atoms with E-state index in [0.717, 1.165) is 17.2 Å². The number of nitrogens with two attached hydrogens (primary N) is 1. The number of nitrogens with one attached hydrogen (secondary N) is 1. The SMILES string of the molecule is CC(=O)N1CCN(c2ccc(-c3cnc(N)c(-c4ccc5c(c4)CCNC5=O)c3)cc2C(F)(F)F)CC1. The smallest absolute Gasteiger partial charge is 0.383 e. The summed E-state index contributed by atoms with van der Waals surface area (Å²) < 4.78 is 42.4. The molecule has 10 heteroatoms. The minimum absolute atomic E-state index is 0.0834. The Labute approximate surface area is 212 Å². The maximum atomic E-state index is 14.1. The summed E-state index contributed by atoms with van der Waals surface area (Å²) in [5, 5.41) is 2.80. The van der Waals surface area contributed by atoms with Crippen LogP contribution in [0.1, 0.15) is 28.4 Å². The molecule has 0 bridgehead atoms. The van der Waals surface area contributed by atoms with Gasteiger partial charge in [-0.15, -0.1) is 0 Å². The standard InChI is InChI=1S/C27H26F3N5O2/c1-16(36)34-8-10-35(11-9-34)24-5-3-17(14-23(24)27(28,29)30)20-13-22(25(31)33-15-20)18-2-4-21-19(12-18)6-7-32-26(21)37/h2-5,12-15H,6-11H2,1H3,(H2,31,33)(H,32,37). The van der Waals surface area contributed by atoms with Gasteiger partial charge < -0.3 is 20.9 Å². The number of fused-ring (bicyclic) bond motifs is 1. The molecule has 0 spiro atoms. The van der Waals surface area contributed by atoms with Gasteiger partial charge in [0.2, 0.25) is 5.91 Å². The Hall–Kier alpha value is -4.08. The molecule has 0 aliphatic carbocycles. The van der Waals surface area contributed by atoms with E-state index in [2.05, 4.69) is 10.3 Å². The summed E-state index contributed by atoms with van der Waals surface area (Å²) in [6.45, 7) is 3.41. The van der Waals surface area contributed by atoms with Crippen molar-refractivity contribution in [2.45, 2.75) is 19.5 Å². The Morgan fingerprint density at radius 1 is 0.973 bits per heavy atom. The topological polar surface area (TPSA) is 91.6 Å². The fraction of sp³-hybridized carbons (Fsp3) is 0.296. The third-order valence-electron chi connectivity index (χ3n) is 6.96. The second-order valence-corrected chi connectivity index (χ2v) is 9.26. The number of alkyl halides is 3. The van der Waals surface area contributed by atoms with Gasteiger partial charge in [0.15, 0.2) is 0 Å². The molecule has 0 radical (unpaired) electrons. The highest BCUT2D eigenvalue weighted by molar-refractivity contribution is 5.97. The first-order valence-corrected chi connectivity index (χ1v) is 12.0. The van der Waals surface area contributed by atoms with E-state index < -0.39 is 11.7 Å². The zero-order valence-electron chi connectivity index (χ0n) is 20.2. The Bertz CT molecular complexity index is 1380. The normalized spacial score (nSPS) is 15.8. The zero-order chi connectivity index (χ0) is 26.3. The van der Waals surface area contributed by atoms with Crippen molar-refractivity contribution in [3.05, 3.63) is 65.4 Å². The summed E-state index contributed by atoms with van der Waals surface area (Å²) >= 11 is 0. The van der Waals surface area contributed by atoms with Gasteiger partial charge in [-0.1, -0.05) is 18.2 Å². The maximum Gasteiger partial charge on any atom is 0.418 e. The van der Waals surface area contributed by atoms with E-state index in [1.54, 1.807) is 34.1 Å². The number of pyridine rings is 1. The van der Waals surface area contributed by atoms with Crippen molar-refractivity contribution in [3.8, 4) is 22.3 Å². The minimum Gasteiger partial charge on any atom is -0.383 e. The lowest BCUT2D eigenvalue weighted by Crippen LogP contribution is -2.48. The Morgan fingerprint density at radius 3 is 2.41 bits per heavy atom. The molecule has 2 aliphatic rings. The van der Waals surface area contributed by atoms with Crippen LogP contribution in [0, 0.1) is 0 Å². The highest BCUT2D eigenvalue weighted by Crippen LogP contribution is 2.40. The van der Waals surface area contributed by atoms with E-state index in [1.165, 1.54) is 19.2 Å². The molecule has 37 heavy (non-hydrogen) atoms. The molecule has 3 aromatic rings. The molecule has 0 unspecified atom stereocenters. The number of aromatic nitrogens is 1. The van der Waals surface area contributed by atoms with Crippen LogP contribution < -0.4 is 16.0 Å². The molecule has 7 nitrogen and oxygen atoms in total. The van der Waals surface area contributed by atoms with Crippen LogP contribution in [0.2, 0.25) is 0 Å². The van der Waals surface area contributed by atoms with E-state index in [9.17, 15) is 22.8 Å². The molecule has 1 fully saturated rings. The molecule has 0 saturated carbocycles. The fourth-order valence-corrected chi connectivity index (χ4v) is 4.94. The number of piperazine rings is 1. The van der Waals surface area contributed by atoms with Gasteiger partial charge in [-0.25, -0.2) is 4.98 Å². The second-order valence-electron chi connectivity index (χ2n) is 9.26. The number of anilines is 2. The molecule has 1 saturated heterocycles. The largest absolute Gasteiger partial charge is 0.418 e. The Kier molecular flexibility index (Phi) is 6.26. The van der Waals surface area contributed by atoms with Crippen LogP contribution >= 0.6 is 0 Å². The van der Waals surface area contributed by atoms with Crippen LogP contribution in [-0.4, -0.2) is 54.4 Å². The van der Waals surface area contributed by atoms with Gasteiger partial charge in [0.1, 0.15) is 5.82 Å². The second kappa shape index (κ2) is 9.42. The summed E-state index contributed by atoms with van der Waals surface area (Å²) in [5.41, 5.74) is 9.20. The van der Waals surface area contributed by atoms with Crippen molar-refractivity contribution in [1.29, 1.82) is 0 Å². The Balaban J connectivity index is 1.50. The number of nitrogens with zero attached hydrogens (tertiary/aromatic N) is 3. The number of carbonyl (C=O) groups excluding carboxylic acids is 2. The highest BCUT2D eigenvalue weighted by Gasteiger charge is 2.36. The van der Waals surface area contributed by atoms with Crippen molar-refractivity contribution < 1.29 is 22.8 Å². The van der Waals surface area contributed by atoms with Gasteiger partial charge in [-0.2, -0.15) is 13.2 Å². The quantitative estimate of drug-likeness (QED) is 0.558. The van der Waals surface area contributed by atoms with Crippen LogP contribution in [0.3, 0.4) is 0 Å². The monoisotopic (exact) mass is 509 g/mol. The van der Waals surface area contributed by atoms with Gasteiger partial charge in [-0.3, -0.25) is 9.59 Å². The molecule has 3 N–H and O–H groups in total. The molecule has 3 heterocycles. The molecular formula is C27H26F3N5O2. The number of hydrogen-bond donors (Lipinski definition) is 2. The van der Waals surface area contributed by atoms with Crippen molar-refractivity contribution in [1.82, 2.24) is 15.2 Å². The van der Waals surface area contributed by atoms with Crippen molar-refractivity contribution >= 4 is 23.3 Å². The molecule has 5 rings (SSSR count). The van der Waals surface area contributed by atoms with E-state index in [0.29, 0.717) is 61.4 Å². The van der Waals surface area contributed by atoms with Gasteiger partial charge >= 0.3 is 6.18 Å². The summed E-state index contributed by atoms with van der Waals surface area (Å²) in [6.07, 6.45) is -2.42. The summed E-state index contributed by atoms with van der Waals surface area (Å²) in [5.74, 6) is 0.0370. The van der Waals surface area contributed by atoms with E-state index in [4.69, 9.17) is 5.73 Å². The Morgan fingerprint density at radius 2 is 1.70 bits per heavy atom. The molecule has 2 amide bonds. The number of hydrogen-bond acceptors (Lipinski definition) is 5. The average Bonchev–Trinajstić information content (AvgIpc) is 2.88. The lowest BCUT2D eigenvalue weighted by Gasteiger charge is -2.36. The molecular weight excluding hydrogens is 483 g/mol. The first-order valence-electron chi connectivity index (χ1n) is 12.0. The van der Waals surface area contributed by atoms with E-state index >= 15 is 0 Å². The molecule has 1 aromatic heterocycles. The number of carbonyl (C=O) groups is 2. The van der Waals surface area contributed by atoms with Crippen LogP contribution in [0.4, 0.5) is 24.7 Å². The molecule has 2 aliphatic heterocycles. The van der Waals surface area contributed by atoms with Crippen LogP contribution in [0.15, 0.2) is 48.7 Å². The third kappa shape index (κ3) is 4.83. The minimum atomic E-state index is -4.56. The van der Waals surface area contributed by atoms with Crippen LogP contribution in [0.5, 0.6) is 0 Å². The van der Waals surface area contributed by atoms with Gasteiger partial charge in [0.25, 0.3) is 5.91 Å². The predicted octanol–water partition coefficient (Wildman–Crippen LogP) is 3.97. The molecule has 192 valence electrons. The molecule has 0 atom stereocenters. The summed E-state index contributed by atoms with van der Waals surface area (Å²) in [4.78, 5) is 31.2. The summed E-state index contributed by atoms with van der Waals surface area (Å²) in [7, 11) is 0. The van der Waals surface area contributed by atoms with Crippen LogP contribution in [-0.2, 0) is 17.4 Å². The van der Waals surface area contributed by atoms with Crippen molar-refractivity contribution in [2.24, 2.45) is 0 Å². The first-order chi connectivity index (χ1) is 17.6. The zero-order valence-corrected chi connectivity index (χ0v) is 20.2. The first kappa shape index (κ1) is 24.6. The fourth-order valence-electron chi connectivity index (χ4n) is 4.94. The van der Waals surface area contributed by atoms with Crippen molar-refractivity contribution in [3.63, 3.8) is 0 Å². The predicted molar refractivity (Wildman–Crippen MR) is 135 cm³/mol. The van der Waals surface area contributed by atoms with Gasteiger partial charge in [-0.05, 0) is 47.4 Å². The maximum absolute atomic E-state index is 14.1. The summed E-state index contributed by atoms with van der Waals surface area (Å²) in [6, 6.07) is 11.4. The number of nitrogen functional groups attached to an aromatic ring is 1. The molecule has 2 aromatic carbocycles. The van der Waals surface area contributed by atoms with Gasteiger partial charge in [0, 0.05) is 68.2 Å². The number of rotatable bonds is 3. The third-order valence-corrected chi connectivity index (χ3v) is 6.96. The van der Waals surface area contributed by atoms with E-state index in [1.807, 2.05) is 6.07 Å².